The zero-order chi connectivity index (χ0) is 8.85. The minimum absolute atomic E-state index is 0.260. The predicted molar refractivity (Wildman–Crippen MR) is 39.2 cm³/mol. The number of ether oxygens (including phenoxy) is 1. The van der Waals surface area contributed by atoms with E-state index in [-0.39, 0.29) is 6.42 Å². The van der Waals surface area contributed by atoms with Gasteiger partial charge in [-0.15, -0.1) is 0 Å². The van der Waals surface area contributed by atoms with Crippen molar-refractivity contribution in [3.8, 4) is 0 Å². The van der Waals surface area contributed by atoms with Crippen molar-refractivity contribution in [2.24, 2.45) is 0 Å². The fraction of sp³-hybridized carbons (Fsp3) is 0.857. The molecule has 0 aromatic heterocycles. The molecule has 66 valence electrons. The summed E-state index contributed by atoms with van der Waals surface area (Å²) in [4.78, 5) is 10.1. The predicted octanol–water partition coefficient (Wildman–Crippen LogP) is -0.668. The molecule has 4 nitrogen and oxygen atoms in total. The van der Waals surface area contributed by atoms with Crippen molar-refractivity contribution in [3.63, 3.8) is 0 Å². The molecule has 0 aromatic carbocycles. The summed E-state index contributed by atoms with van der Waals surface area (Å²) in [6.45, 7) is 1.57. The maximum absolute atomic E-state index is 10.1. The Kier molecular flexibility index (Phi) is 5.02. The zero-order valence-corrected chi connectivity index (χ0v) is 6.73. The van der Waals surface area contributed by atoms with Gasteiger partial charge in [0.1, 0.15) is 6.10 Å². The number of hydrogen-bond donors (Lipinski definition) is 2. The van der Waals surface area contributed by atoms with Gasteiger partial charge in [0.15, 0.2) is 6.29 Å². The van der Waals surface area contributed by atoms with Crippen LogP contribution < -0.4 is 0 Å². The number of carbonyl (C=O) groups is 1. The first-order valence-electron chi connectivity index (χ1n) is 3.46. The van der Waals surface area contributed by atoms with E-state index in [0.717, 1.165) is 0 Å². The molecular weight excluding hydrogens is 148 g/mol. The average Bonchev–Trinajstić information content (AvgIpc) is 1.98. The third-order valence-corrected chi connectivity index (χ3v) is 1.40. The second kappa shape index (κ2) is 5.23. The van der Waals surface area contributed by atoms with Gasteiger partial charge in [0.2, 0.25) is 0 Å². The molecule has 0 spiro atoms. The molecule has 0 saturated heterocycles. The van der Waals surface area contributed by atoms with Crippen molar-refractivity contribution >= 4 is 6.29 Å². The highest BCUT2D eigenvalue weighted by atomic mass is 16.5. The Bertz CT molecular complexity index is 113. The highest BCUT2D eigenvalue weighted by Crippen LogP contribution is 2.04. The lowest BCUT2D eigenvalue weighted by atomic mass is 10.1. The van der Waals surface area contributed by atoms with Crippen LogP contribution in [0, 0.1) is 0 Å². The molecule has 0 aliphatic rings. The van der Waals surface area contributed by atoms with E-state index in [2.05, 4.69) is 0 Å². The molecule has 4 heteroatoms. The lowest BCUT2D eigenvalue weighted by Crippen LogP contribution is -2.32. The van der Waals surface area contributed by atoms with E-state index in [9.17, 15) is 4.79 Å². The first-order valence-corrected chi connectivity index (χ1v) is 3.46. The number of aliphatic hydroxyl groups is 2. The minimum Gasteiger partial charge on any atom is -0.393 e. The van der Waals surface area contributed by atoms with Gasteiger partial charge < -0.3 is 19.7 Å². The van der Waals surface area contributed by atoms with Crippen LogP contribution in [0.3, 0.4) is 0 Å². The van der Waals surface area contributed by atoms with Gasteiger partial charge in [-0.25, -0.2) is 0 Å². The Morgan fingerprint density at radius 3 is 2.36 bits per heavy atom. The Hall–Kier alpha value is -0.450. The number of hydrogen-bond acceptors (Lipinski definition) is 4. The van der Waals surface area contributed by atoms with Gasteiger partial charge in [0.05, 0.1) is 12.2 Å². The minimum atomic E-state index is -1.14. The highest BCUT2D eigenvalue weighted by Gasteiger charge is 2.19. The van der Waals surface area contributed by atoms with E-state index in [4.69, 9.17) is 14.9 Å². The van der Waals surface area contributed by atoms with Gasteiger partial charge in [0, 0.05) is 13.5 Å². The molecule has 0 aliphatic carbocycles. The smallest absolute Gasteiger partial charge is 0.151 e. The molecule has 0 radical (unpaired) electrons. The largest absolute Gasteiger partial charge is 0.393 e. The fourth-order valence-electron chi connectivity index (χ4n) is 0.799. The van der Waals surface area contributed by atoms with Crippen molar-refractivity contribution < 1.29 is 19.7 Å². The molecule has 0 unspecified atom stereocenters. The van der Waals surface area contributed by atoms with Crippen molar-refractivity contribution in [3.05, 3.63) is 0 Å². The van der Waals surface area contributed by atoms with Gasteiger partial charge in [0.25, 0.3) is 0 Å². The Morgan fingerprint density at radius 2 is 2.09 bits per heavy atom. The third kappa shape index (κ3) is 4.08. The standard InChI is InChI=1S/C7H14O4/c1-5(9)3-7(11-2)6(10)4-8/h4-7,9-10H,3H2,1-2H3/t5-,6-,7+/m0/s1. The Morgan fingerprint density at radius 1 is 1.55 bits per heavy atom. The molecule has 0 saturated carbocycles. The van der Waals surface area contributed by atoms with Gasteiger partial charge in [-0.3, -0.25) is 0 Å². The average molecular weight is 162 g/mol. The number of carbonyl (C=O) groups excluding carboxylic acids is 1. The van der Waals surface area contributed by atoms with Crippen LogP contribution in [-0.4, -0.2) is 41.9 Å². The van der Waals surface area contributed by atoms with Gasteiger partial charge in [-0.2, -0.15) is 0 Å². The SMILES string of the molecule is CO[C@H](C[C@H](C)O)[C@@H](O)C=O. The Labute approximate surface area is 65.8 Å². The van der Waals surface area contributed by atoms with Crippen LogP contribution in [0.15, 0.2) is 0 Å². The van der Waals surface area contributed by atoms with E-state index >= 15 is 0 Å². The molecule has 2 N–H and O–H groups in total. The molecule has 0 fully saturated rings. The molecule has 0 rings (SSSR count). The van der Waals surface area contributed by atoms with Crippen molar-refractivity contribution in [2.75, 3.05) is 7.11 Å². The van der Waals surface area contributed by atoms with Crippen LogP contribution in [0.25, 0.3) is 0 Å². The van der Waals surface area contributed by atoms with E-state index < -0.39 is 18.3 Å². The molecule has 0 aliphatic heterocycles. The van der Waals surface area contributed by atoms with Crippen LogP contribution in [-0.2, 0) is 9.53 Å². The molecule has 0 bridgehead atoms. The molecule has 0 aromatic rings. The van der Waals surface area contributed by atoms with Crippen LogP contribution in [0.2, 0.25) is 0 Å². The number of aliphatic hydroxyl groups excluding tert-OH is 2. The lowest BCUT2D eigenvalue weighted by Gasteiger charge is -2.18. The zero-order valence-electron chi connectivity index (χ0n) is 6.73. The molecular formula is C7H14O4. The quantitative estimate of drug-likeness (QED) is 0.526. The second-order valence-electron chi connectivity index (χ2n) is 2.49. The first-order chi connectivity index (χ1) is 5.11. The van der Waals surface area contributed by atoms with Crippen molar-refractivity contribution in [1.82, 2.24) is 0 Å². The summed E-state index contributed by atoms with van der Waals surface area (Å²) in [7, 11) is 1.39. The Balaban J connectivity index is 3.83. The van der Waals surface area contributed by atoms with Crippen molar-refractivity contribution in [1.29, 1.82) is 0 Å². The number of aldehydes is 1. The lowest BCUT2D eigenvalue weighted by molar-refractivity contribution is -0.123. The first kappa shape index (κ1) is 10.6. The summed E-state index contributed by atoms with van der Waals surface area (Å²) >= 11 is 0. The number of methoxy groups -OCH3 is 1. The van der Waals surface area contributed by atoms with Gasteiger partial charge in [-0.05, 0) is 6.92 Å². The van der Waals surface area contributed by atoms with Crippen LogP contribution in [0.5, 0.6) is 0 Å². The number of rotatable bonds is 5. The molecule has 0 amide bonds. The van der Waals surface area contributed by atoms with E-state index in [1.807, 2.05) is 0 Å². The summed E-state index contributed by atoms with van der Waals surface area (Å²) in [5.41, 5.74) is 0. The van der Waals surface area contributed by atoms with Crippen LogP contribution >= 0.6 is 0 Å². The molecule has 11 heavy (non-hydrogen) atoms. The fourth-order valence-corrected chi connectivity index (χ4v) is 0.799. The van der Waals surface area contributed by atoms with Crippen molar-refractivity contribution in [2.45, 2.75) is 31.7 Å². The van der Waals surface area contributed by atoms with E-state index in [1.54, 1.807) is 6.92 Å². The van der Waals surface area contributed by atoms with Crippen LogP contribution in [0.4, 0.5) is 0 Å². The second-order valence-corrected chi connectivity index (χ2v) is 2.49. The normalized spacial score (nSPS) is 18.9. The van der Waals surface area contributed by atoms with E-state index in [0.29, 0.717) is 6.29 Å². The maximum Gasteiger partial charge on any atom is 0.151 e. The molecule has 3 atom stereocenters. The monoisotopic (exact) mass is 162 g/mol. The summed E-state index contributed by atoms with van der Waals surface area (Å²) < 4.78 is 4.77. The van der Waals surface area contributed by atoms with Gasteiger partial charge in [-0.1, -0.05) is 0 Å². The summed E-state index contributed by atoms with van der Waals surface area (Å²) in [5.74, 6) is 0. The summed E-state index contributed by atoms with van der Waals surface area (Å²) in [6.07, 6.45) is -1.66. The topological polar surface area (TPSA) is 66.8 Å². The summed E-state index contributed by atoms with van der Waals surface area (Å²) in [6, 6.07) is 0. The van der Waals surface area contributed by atoms with E-state index in [1.165, 1.54) is 7.11 Å². The van der Waals surface area contributed by atoms with Gasteiger partial charge >= 0.3 is 0 Å². The third-order valence-electron chi connectivity index (χ3n) is 1.40. The maximum atomic E-state index is 10.1. The van der Waals surface area contributed by atoms with Crippen LogP contribution in [0.1, 0.15) is 13.3 Å². The highest BCUT2D eigenvalue weighted by molar-refractivity contribution is 5.56. The summed E-state index contributed by atoms with van der Waals surface area (Å²) in [5, 5.41) is 17.9. The molecule has 0 heterocycles.